The molecule has 1 fully saturated rings. The second kappa shape index (κ2) is 7.53. The van der Waals surface area contributed by atoms with Crippen LogP contribution in [0.25, 0.3) is 0 Å². The molecule has 1 saturated carbocycles. The van der Waals surface area contributed by atoms with Gasteiger partial charge in [-0.2, -0.15) is 0 Å². The molecular weight excluding hydrogens is 362 g/mol. The first-order chi connectivity index (χ1) is 13.0. The largest absolute Gasteiger partial charge is 0.489 e. The minimum absolute atomic E-state index is 0.242. The van der Waals surface area contributed by atoms with E-state index in [1.54, 1.807) is 0 Å². The monoisotopic (exact) mass is 385 g/mol. The van der Waals surface area contributed by atoms with Crippen molar-refractivity contribution in [2.24, 2.45) is 0 Å². The van der Waals surface area contributed by atoms with Crippen LogP contribution in [0.5, 0.6) is 5.75 Å². The summed E-state index contributed by atoms with van der Waals surface area (Å²) in [5, 5.41) is 9.58. The van der Waals surface area contributed by atoms with E-state index in [-0.39, 0.29) is 11.8 Å². The molecule has 4 rings (SSSR count). The van der Waals surface area contributed by atoms with Gasteiger partial charge >= 0.3 is 5.97 Å². The summed E-state index contributed by atoms with van der Waals surface area (Å²) >= 11 is 6.04. The lowest BCUT2D eigenvalue weighted by Gasteiger charge is -2.35. The van der Waals surface area contributed by atoms with Gasteiger partial charge in [0, 0.05) is 29.9 Å². The molecule has 0 aromatic heterocycles. The van der Waals surface area contributed by atoms with Crippen LogP contribution in [0, 0.1) is 0 Å². The minimum atomic E-state index is -0.713. The maximum Gasteiger partial charge on any atom is 0.303 e. The van der Waals surface area contributed by atoms with Gasteiger partial charge in [-0.05, 0) is 66.8 Å². The maximum absolute atomic E-state index is 10.8. The average Bonchev–Trinajstić information content (AvgIpc) is 3.40. The first-order valence-electron chi connectivity index (χ1n) is 9.49. The third kappa shape index (κ3) is 4.28. The summed E-state index contributed by atoms with van der Waals surface area (Å²) in [5.41, 5.74) is 4.07. The van der Waals surface area contributed by atoms with Crippen molar-refractivity contribution in [1.29, 1.82) is 0 Å². The van der Waals surface area contributed by atoms with Gasteiger partial charge in [0.25, 0.3) is 0 Å². The molecule has 0 amide bonds. The van der Waals surface area contributed by atoms with Crippen LogP contribution < -0.4 is 4.74 Å². The number of rotatable bonds is 7. The lowest BCUT2D eigenvalue weighted by Crippen LogP contribution is -2.38. The Morgan fingerprint density at radius 3 is 2.81 bits per heavy atom. The quantitative estimate of drug-likeness (QED) is 0.754. The van der Waals surface area contributed by atoms with Gasteiger partial charge in [-0.25, -0.2) is 0 Å². The highest BCUT2D eigenvalue weighted by Gasteiger charge is 2.49. The van der Waals surface area contributed by atoms with Gasteiger partial charge in [-0.1, -0.05) is 29.8 Å². The lowest BCUT2D eigenvalue weighted by atomic mass is 9.86. The van der Waals surface area contributed by atoms with E-state index in [9.17, 15) is 4.79 Å². The van der Waals surface area contributed by atoms with Gasteiger partial charge in [0.1, 0.15) is 12.4 Å². The SMILES string of the molecule is O=C(O)CCCN1Cc2ccc(OCc3cccc(Cl)c3)cc2C2(CC2)C1. The summed E-state index contributed by atoms with van der Waals surface area (Å²) in [5.74, 6) is 0.189. The van der Waals surface area contributed by atoms with Gasteiger partial charge in [0.15, 0.2) is 0 Å². The fraction of sp³-hybridized carbons (Fsp3) is 0.409. The van der Waals surface area contributed by atoms with Crippen molar-refractivity contribution in [1.82, 2.24) is 4.90 Å². The molecule has 142 valence electrons. The zero-order valence-corrected chi connectivity index (χ0v) is 16.0. The molecule has 4 nitrogen and oxygen atoms in total. The fourth-order valence-corrected chi connectivity index (χ4v) is 4.28. The van der Waals surface area contributed by atoms with Gasteiger partial charge in [0.2, 0.25) is 0 Å². The topological polar surface area (TPSA) is 49.8 Å². The molecule has 0 saturated heterocycles. The Morgan fingerprint density at radius 1 is 1.22 bits per heavy atom. The number of carboxylic acids is 1. The number of nitrogens with zero attached hydrogens (tertiary/aromatic N) is 1. The fourth-order valence-electron chi connectivity index (χ4n) is 4.07. The van der Waals surface area contributed by atoms with Crippen molar-refractivity contribution in [3.05, 3.63) is 64.2 Å². The van der Waals surface area contributed by atoms with Crippen molar-refractivity contribution < 1.29 is 14.6 Å². The Labute approximate surface area is 164 Å². The molecule has 0 radical (unpaired) electrons. The number of ether oxygens (including phenoxy) is 1. The number of hydrogen-bond donors (Lipinski definition) is 1. The van der Waals surface area contributed by atoms with Gasteiger partial charge in [-0.15, -0.1) is 0 Å². The van der Waals surface area contributed by atoms with Gasteiger partial charge < -0.3 is 9.84 Å². The van der Waals surface area contributed by atoms with Crippen molar-refractivity contribution in [2.75, 3.05) is 13.1 Å². The molecule has 0 unspecified atom stereocenters. The normalized spacial score (nSPS) is 17.5. The number of benzene rings is 2. The van der Waals surface area contributed by atoms with E-state index < -0.39 is 5.97 Å². The third-order valence-electron chi connectivity index (χ3n) is 5.59. The number of carboxylic acid groups (broad SMARTS) is 1. The summed E-state index contributed by atoms with van der Waals surface area (Å²) < 4.78 is 6.01. The smallest absolute Gasteiger partial charge is 0.303 e. The Kier molecular flexibility index (Phi) is 5.11. The maximum atomic E-state index is 10.8. The van der Waals surface area contributed by atoms with E-state index in [0.717, 1.165) is 36.0 Å². The molecule has 2 aromatic carbocycles. The van der Waals surface area contributed by atoms with Gasteiger partial charge in [0.05, 0.1) is 0 Å². The number of hydrogen-bond acceptors (Lipinski definition) is 3. The summed E-state index contributed by atoms with van der Waals surface area (Å²) in [7, 11) is 0. The minimum Gasteiger partial charge on any atom is -0.489 e. The molecule has 1 N–H and O–H groups in total. The molecule has 27 heavy (non-hydrogen) atoms. The zero-order chi connectivity index (χ0) is 18.9. The molecule has 2 aliphatic rings. The molecule has 1 aliphatic heterocycles. The van der Waals surface area contributed by atoms with Crippen molar-refractivity contribution >= 4 is 17.6 Å². The predicted molar refractivity (Wildman–Crippen MR) is 105 cm³/mol. The summed E-state index contributed by atoms with van der Waals surface area (Å²) in [6.07, 6.45) is 3.36. The summed E-state index contributed by atoms with van der Waals surface area (Å²) in [6, 6.07) is 14.2. The van der Waals surface area contributed by atoms with E-state index in [2.05, 4.69) is 17.0 Å². The van der Waals surface area contributed by atoms with E-state index in [0.29, 0.717) is 13.0 Å². The Bertz CT molecular complexity index is 847. The molecule has 0 bridgehead atoms. The second-order valence-electron chi connectivity index (χ2n) is 7.73. The standard InChI is InChI=1S/C22H24ClNO3/c23-18-4-1-3-16(11-18)14-27-19-7-6-17-13-24(10-2-5-21(25)26)15-22(8-9-22)20(17)12-19/h1,3-4,6-7,11-12H,2,5,8-10,13-15H2,(H,25,26). The van der Waals surface area contributed by atoms with Crippen LogP contribution in [0.2, 0.25) is 5.02 Å². The number of halogens is 1. The first kappa shape index (κ1) is 18.3. The van der Waals surface area contributed by atoms with Crippen molar-refractivity contribution in [3.63, 3.8) is 0 Å². The van der Waals surface area contributed by atoms with E-state index in [4.69, 9.17) is 21.4 Å². The van der Waals surface area contributed by atoms with E-state index in [1.807, 2.05) is 30.3 Å². The predicted octanol–water partition coefficient (Wildman–Crippen LogP) is 4.63. The van der Waals surface area contributed by atoms with Crippen molar-refractivity contribution in [2.45, 2.75) is 44.2 Å². The Balaban J connectivity index is 1.44. The van der Waals surface area contributed by atoms with Crippen LogP contribution >= 0.6 is 11.6 Å². The molecule has 1 aliphatic carbocycles. The molecular formula is C22H24ClNO3. The van der Waals surface area contributed by atoms with Gasteiger partial charge in [-0.3, -0.25) is 9.69 Å². The average molecular weight is 386 g/mol. The lowest BCUT2D eigenvalue weighted by molar-refractivity contribution is -0.137. The second-order valence-corrected chi connectivity index (χ2v) is 8.16. The number of carbonyl (C=O) groups is 1. The van der Waals surface area contributed by atoms with Crippen LogP contribution in [0.3, 0.4) is 0 Å². The molecule has 1 spiro atoms. The third-order valence-corrected chi connectivity index (χ3v) is 5.82. The highest BCUT2D eigenvalue weighted by molar-refractivity contribution is 6.30. The van der Waals surface area contributed by atoms with Crippen LogP contribution in [-0.2, 0) is 23.4 Å². The van der Waals surface area contributed by atoms with Crippen LogP contribution in [0.1, 0.15) is 42.4 Å². The summed E-state index contributed by atoms with van der Waals surface area (Å²) in [6.45, 7) is 3.27. The Morgan fingerprint density at radius 2 is 2.07 bits per heavy atom. The first-order valence-corrected chi connectivity index (χ1v) is 9.87. The van der Waals surface area contributed by atoms with Crippen LogP contribution in [0.15, 0.2) is 42.5 Å². The molecule has 1 heterocycles. The van der Waals surface area contributed by atoms with Crippen LogP contribution in [0.4, 0.5) is 0 Å². The van der Waals surface area contributed by atoms with E-state index >= 15 is 0 Å². The number of fused-ring (bicyclic) bond motifs is 2. The van der Waals surface area contributed by atoms with Crippen LogP contribution in [-0.4, -0.2) is 29.1 Å². The molecule has 5 heteroatoms. The Hall–Kier alpha value is -2.04. The van der Waals surface area contributed by atoms with Crippen molar-refractivity contribution in [3.8, 4) is 5.75 Å². The van der Waals surface area contributed by atoms with E-state index in [1.165, 1.54) is 24.0 Å². The molecule has 2 aromatic rings. The number of aliphatic carboxylic acids is 1. The highest BCUT2D eigenvalue weighted by Crippen LogP contribution is 2.53. The zero-order valence-electron chi connectivity index (χ0n) is 15.3. The summed E-state index contributed by atoms with van der Waals surface area (Å²) in [4.78, 5) is 13.2. The molecule has 0 atom stereocenters. The highest BCUT2D eigenvalue weighted by atomic mass is 35.5.